The molecule has 1 aromatic carbocycles. The van der Waals surface area contributed by atoms with E-state index in [2.05, 4.69) is 28.0 Å². The van der Waals surface area contributed by atoms with Crippen molar-refractivity contribution in [2.24, 2.45) is 11.8 Å². The number of benzene rings is 1. The number of amides is 1. The van der Waals surface area contributed by atoms with Gasteiger partial charge < -0.3 is 9.80 Å². The maximum Gasteiger partial charge on any atom is 0.226 e. The second kappa shape index (κ2) is 9.35. The molecule has 1 atom stereocenters. The minimum Gasteiger partial charge on any atom is -0.352 e. The number of aromatic nitrogens is 1. The fraction of sp³-hybridized carbons (Fsp3) is 0.533. The van der Waals surface area contributed by atoms with Gasteiger partial charge in [0, 0.05) is 49.9 Å². The van der Waals surface area contributed by atoms with E-state index in [0.717, 1.165) is 73.5 Å². The maximum absolute atomic E-state index is 13.0. The van der Waals surface area contributed by atoms with Gasteiger partial charge in [-0.15, -0.1) is 0 Å². The molecule has 0 bridgehead atoms. The Hall–Kier alpha value is -3.20. The molecule has 3 aliphatic carbocycles. The summed E-state index contributed by atoms with van der Waals surface area (Å²) >= 11 is 0. The van der Waals surface area contributed by atoms with Crippen LogP contribution in [-0.2, 0) is 16.0 Å². The first-order chi connectivity index (χ1) is 17.6. The Labute approximate surface area is 213 Å². The smallest absolute Gasteiger partial charge is 0.226 e. The van der Waals surface area contributed by atoms with Gasteiger partial charge in [0.15, 0.2) is 0 Å². The van der Waals surface area contributed by atoms with E-state index in [1.165, 1.54) is 12.8 Å². The van der Waals surface area contributed by atoms with Crippen LogP contribution in [0.2, 0.25) is 0 Å². The number of ketones is 1. The van der Waals surface area contributed by atoms with Crippen LogP contribution in [0.5, 0.6) is 0 Å². The van der Waals surface area contributed by atoms with Gasteiger partial charge in [-0.05, 0) is 61.6 Å². The molecule has 186 valence electrons. The molecule has 1 amide bonds. The molecular weight excluding hydrogens is 448 g/mol. The monoisotopic (exact) mass is 482 g/mol. The van der Waals surface area contributed by atoms with Crippen molar-refractivity contribution in [1.82, 2.24) is 9.88 Å². The van der Waals surface area contributed by atoms with Gasteiger partial charge in [0.05, 0.1) is 17.3 Å². The summed E-state index contributed by atoms with van der Waals surface area (Å²) in [6.45, 7) is 4.11. The molecule has 1 saturated heterocycles. The first-order valence-corrected chi connectivity index (χ1v) is 13.7. The maximum atomic E-state index is 13.0. The lowest BCUT2D eigenvalue weighted by molar-refractivity contribution is -0.135. The Morgan fingerprint density at radius 2 is 1.89 bits per heavy atom. The van der Waals surface area contributed by atoms with Crippen LogP contribution >= 0.6 is 0 Å². The van der Waals surface area contributed by atoms with Gasteiger partial charge in [0.25, 0.3) is 0 Å². The first kappa shape index (κ1) is 23.2. The first-order valence-electron chi connectivity index (χ1n) is 13.7. The van der Waals surface area contributed by atoms with Crippen LogP contribution in [0, 0.1) is 23.2 Å². The topological polar surface area (TPSA) is 77.3 Å². The summed E-state index contributed by atoms with van der Waals surface area (Å²) in [6, 6.07) is 12.8. The van der Waals surface area contributed by atoms with Gasteiger partial charge in [-0.2, -0.15) is 5.26 Å². The zero-order valence-electron chi connectivity index (χ0n) is 21.1. The summed E-state index contributed by atoms with van der Waals surface area (Å²) < 4.78 is 0. The van der Waals surface area contributed by atoms with Crippen LogP contribution in [0.1, 0.15) is 74.6 Å². The predicted molar refractivity (Wildman–Crippen MR) is 139 cm³/mol. The van der Waals surface area contributed by atoms with Gasteiger partial charge in [-0.1, -0.05) is 31.2 Å². The number of pyridine rings is 1. The lowest BCUT2D eigenvalue weighted by Gasteiger charge is -2.43. The Kier molecular flexibility index (Phi) is 6.03. The fourth-order valence-corrected chi connectivity index (χ4v) is 5.67. The molecular formula is C30H34N4O2. The van der Waals surface area contributed by atoms with Crippen molar-refractivity contribution in [3.05, 3.63) is 47.2 Å². The van der Waals surface area contributed by atoms with E-state index in [0.29, 0.717) is 36.1 Å². The van der Waals surface area contributed by atoms with E-state index in [4.69, 9.17) is 4.98 Å². The minimum absolute atomic E-state index is 0.227. The molecule has 6 rings (SSSR count). The molecule has 0 radical (unpaired) electrons. The number of piperazine rings is 1. The summed E-state index contributed by atoms with van der Waals surface area (Å²) in [5.74, 6) is 2.60. The summed E-state index contributed by atoms with van der Waals surface area (Å²) in [5.41, 5.74) is 4.73. The molecule has 4 aliphatic rings. The SMILES string of the molecule is CCC(=O)Cc1cccc(-c2cc(C#N)c(N3CCN(C(=O)C4CC4)[C@H](C4CC4)C3)nc2C2CC2)c1. The number of hydrogen-bond acceptors (Lipinski definition) is 5. The number of carbonyl (C=O) groups is 2. The van der Waals surface area contributed by atoms with E-state index in [1.807, 2.05) is 25.1 Å². The molecule has 1 aromatic heterocycles. The second-order valence-electron chi connectivity index (χ2n) is 11.1. The van der Waals surface area contributed by atoms with E-state index in [-0.39, 0.29) is 17.7 Å². The molecule has 4 fully saturated rings. The average Bonchev–Trinajstić information content (AvgIpc) is 3.75. The standard InChI is InChI=1S/C30H34N4O2/c1-2-25(35)15-19-4-3-5-23(14-19)26-16-24(17-31)29(32-28(26)21-8-9-21)33-12-13-34(30(36)22-10-11-22)27(18-33)20-6-7-20/h3-5,14,16,20-22,27H,2,6-13,15,18H2,1H3/t27-/m0/s1. The highest BCUT2D eigenvalue weighted by atomic mass is 16.2. The van der Waals surface area contributed by atoms with E-state index in [9.17, 15) is 14.9 Å². The molecule has 6 nitrogen and oxygen atoms in total. The zero-order valence-corrected chi connectivity index (χ0v) is 21.1. The van der Waals surface area contributed by atoms with E-state index in [1.54, 1.807) is 0 Å². The van der Waals surface area contributed by atoms with Gasteiger partial charge in [0.2, 0.25) is 5.91 Å². The number of Topliss-reactive ketones (excluding diaryl/α,β-unsaturated/α-hetero) is 1. The van der Waals surface area contributed by atoms with Gasteiger partial charge in [-0.25, -0.2) is 4.98 Å². The Balaban J connectivity index is 1.32. The molecule has 2 aromatic rings. The van der Waals surface area contributed by atoms with Crippen LogP contribution in [0.15, 0.2) is 30.3 Å². The van der Waals surface area contributed by atoms with E-state index < -0.39 is 0 Å². The van der Waals surface area contributed by atoms with Crippen LogP contribution < -0.4 is 4.90 Å². The number of anilines is 1. The van der Waals surface area contributed by atoms with Crippen molar-refractivity contribution >= 4 is 17.5 Å². The summed E-state index contributed by atoms with van der Waals surface area (Å²) in [5, 5.41) is 10.2. The molecule has 2 heterocycles. The number of rotatable bonds is 8. The Morgan fingerprint density at radius 1 is 1.08 bits per heavy atom. The quantitative estimate of drug-likeness (QED) is 0.537. The van der Waals surface area contributed by atoms with Crippen LogP contribution in [-0.4, -0.2) is 47.3 Å². The number of carbonyl (C=O) groups excluding carboxylic acids is 2. The minimum atomic E-state index is 0.227. The third-order valence-electron chi connectivity index (χ3n) is 8.24. The predicted octanol–water partition coefficient (Wildman–Crippen LogP) is 4.86. The van der Waals surface area contributed by atoms with Crippen LogP contribution in [0.4, 0.5) is 5.82 Å². The van der Waals surface area contributed by atoms with Crippen molar-refractivity contribution in [1.29, 1.82) is 5.26 Å². The van der Waals surface area contributed by atoms with Crippen LogP contribution in [0.3, 0.4) is 0 Å². The van der Waals surface area contributed by atoms with E-state index >= 15 is 0 Å². The molecule has 1 aliphatic heterocycles. The molecule has 0 unspecified atom stereocenters. The lowest BCUT2D eigenvalue weighted by atomic mass is 9.96. The second-order valence-corrected chi connectivity index (χ2v) is 11.1. The Morgan fingerprint density at radius 3 is 2.56 bits per heavy atom. The third-order valence-corrected chi connectivity index (χ3v) is 8.24. The molecule has 6 heteroatoms. The third kappa shape index (κ3) is 4.64. The average molecular weight is 483 g/mol. The summed E-state index contributed by atoms with van der Waals surface area (Å²) in [6.07, 6.45) is 7.66. The number of hydrogen-bond donors (Lipinski definition) is 0. The highest BCUT2D eigenvalue weighted by Gasteiger charge is 2.45. The number of nitrogens with zero attached hydrogens (tertiary/aromatic N) is 4. The molecule has 0 spiro atoms. The van der Waals surface area contributed by atoms with Crippen LogP contribution in [0.25, 0.3) is 11.1 Å². The zero-order chi connectivity index (χ0) is 24.8. The molecule has 36 heavy (non-hydrogen) atoms. The highest BCUT2D eigenvalue weighted by molar-refractivity contribution is 5.82. The van der Waals surface area contributed by atoms with Gasteiger partial charge >= 0.3 is 0 Å². The summed E-state index contributed by atoms with van der Waals surface area (Å²) in [7, 11) is 0. The van der Waals surface area contributed by atoms with Gasteiger partial charge in [0.1, 0.15) is 17.7 Å². The highest BCUT2D eigenvalue weighted by Crippen LogP contribution is 2.46. The van der Waals surface area contributed by atoms with Crippen molar-refractivity contribution in [2.45, 2.75) is 70.3 Å². The van der Waals surface area contributed by atoms with Gasteiger partial charge in [-0.3, -0.25) is 9.59 Å². The summed E-state index contributed by atoms with van der Waals surface area (Å²) in [4.78, 5) is 34.6. The molecule has 0 N–H and O–H groups in total. The fourth-order valence-electron chi connectivity index (χ4n) is 5.67. The van der Waals surface area contributed by atoms with Crippen molar-refractivity contribution in [3.63, 3.8) is 0 Å². The number of nitriles is 1. The lowest BCUT2D eigenvalue weighted by Crippen LogP contribution is -2.57. The molecule has 3 saturated carbocycles. The Bertz CT molecular complexity index is 1240. The van der Waals surface area contributed by atoms with Crippen molar-refractivity contribution in [2.75, 3.05) is 24.5 Å². The van der Waals surface area contributed by atoms with Crippen molar-refractivity contribution < 1.29 is 9.59 Å². The van der Waals surface area contributed by atoms with Crippen molar-refractivity contribution in [3.8, 4) is 17.2 Å². The normalized spacial score (nSPS) is 21.8. The largest absolute Gasteiger partial charge is 0.352 e.